The van der Waals surface area contributed by atoms with Crippen molar-refractivity contribution < 1.29 is 165 Å². The fourth-order valence-electron chi connectivity index (χ4n) is 15.9. The second-order valence-electron chi connectivity index (χ2n) is 34.4. The number of aliphatic hydroxyl groups is 5. The van der Waals surface area contributed by atoms with Crippen molar-refractivity contribution in [2.45, 2.75) is 233 Å². The van der Waals surface area contributed by atoms with Crippen molar-refractivity contribution in [3.63, 3.8) is 0 Å². The van der Waals surface area contributed by atoms with Crippen LogP contribution in [0.5, 0.6) is 46.0 Å². The van der Waals surface area contributed by atoms with Crippen molar-refractivity contribution in [3.8, 4) is 57.1 Å². The van der Waals surface area contributed by atoms with E-state index in [1.165, 1.54) is 54.7 Å². The number of hydrogen-bond donors (Lipinski definition) is 24. The molecule has 0 aromatic heterocycles. The quantitative estimate of drug-likeness (QED) is 0.0312. The molecule has 22 atom stereocenters. The summed E-state index contributed by atoms with van der Waals surface area (Å²) in [6.07, 6.45) is -26.8. The molecular formula is C81H103Cl2N11O34P2. The number of aromatic hydroxyl groups is 3. The number of aliphatic hydroxyl groups excluding tert-OH is 5. The van der Waals surface area contributed by atoms with Crippen molar-refractivity contribution in [1.29, 1.82) is 0 Å². The summed E-state index contributed by atoms with van der Waals surface area (Å²) in [4.78, 5) is 187. The van der Waals surface area contributed by atoms with Gasteiger partial charge in [0, 0.05) is 53.1 Å². The Hall–Kier alpha value is -10.0. The second-order valence-corrected chi connectivity index (χ2v) is 39.0. The number of halogens is 2. The van der Waals surface area contributed by atoms with Crippen molar-refractivity contribution >= 4 is 97.6 Å². The number of rotatable bonds is 23. The number of primary amides is 1. The third kappa shape index (κ3) is 23.2. The molecule has 0 radical (unpaired) electrons. The summed E-state index contributed by atoms with van der Waals surface area (Å²) in [6, 6.07) is -1.82. The van der Waals surface area contributed by atoms with Crippen LogP contribution in [-0.4, -0.2) is 247 Å². The van der Waals surface area contributed by atoms with Gasteiger partial charge in [-0.2, -0.15) is 0 Å². The average Bonchev–Trinajstić information content (AvgIpc) is 0.771. The minimum atomic E-state index is -5.71. The number of likely N-dealkylation sites (N-methyl/N-ethyl adjacent to an activating group) is 1. The molecule has 49 heteroatoms. The summed E-state index contributed by atoms with van der Waals surface area (Å²) in [6.45, 7) is 10.8. The van der Waals surface area contributed by atoms with Crippen molar-refractivity contribution in [1.82, 2.24) is 42.5 Å². The number of carboxylic acids is 1. The number of carboxylic acid groups (broad SMARTS) is 1. The number of hydrogen-bond acceptors (Lipinski definition) is 32. The van der Waals surface area contributed by atoms with Crippen LogP contribution in [0.15, 0.2) is 78.9 Å². The van der Waals surface area contributed by atoms with E-state index in [2.05, 4.69) is 37.2 Å². The van der Waals surface area contributed by atoms with Crippen molar-refractivity contribution in [2.75, 3.05) is 13.7 Å². The summed E-state index contributed by atoms with van der Waals surface area (Å²) in [5, 5.41) is 124. The first kappa shape index (κ1) is 101. The van der Waals surface area contributed by atoms with Crippen molar-refractivity contribution in [2.24, 2.45) is 28.5 Å². The van der Waals surface area contributed by atoms with Gasteiger partial charge in [-0.05, 0) is 129 Å². The number of benzene rings is 5. The summed E-state index contributed by atoms with van der Waals surface area (Å²) in [5.74, 6) is -20.0. The number of esters is 1. The van der Waals surface area contributed by atoms with E-state index >= 15 is 24.0 Å². The molecule has 13 rings (SSSR count). The van der Waals surface area contributed by atoms with E-state index < -0.39 is 341 Å². The number of carbonyl (C=O) groups excluding carboxylic acids is 9. The summed E-state index contributed by atoms with van der Waals surface area (Å²) in [5.41, 5.74) is 8.20. The maximum absolute atomic E-state index is 16.6. The highest BCUT2D eigenvalue weighted by Gasteiger charge is 2.54. The van der Waals surface area contributed by atoms with Gasteiger partial charge in [-0.3, -0.25) is 52.3 Å². The normalized spacial score (nSPS) is 29.4. The highest BCUT2D eigenvalue weighted by Crippen LogP contribution is 2.59. The Morgan fingerprint density at radius 3 is 1.76 bits per heavy atom. The molecule has 45 nitrogen and oxygen atoms in total. The average molecular weight is 1910 g/mol. The number of phenols is 3. The molecule has 0 saturated carbocycles. The zero-order valence-corrected chi connectivity index (χ0v) is 74.2. The molecule has 27 N–H and O–H groups in total. The van der Waals surface area contributed by atoms with E-state index in [-0.39, 0.29) is 23.5 Å². The van der Waals surface area contributed by atoms with E-state index in [1.54, 1.807) is 19.2 Å². The second kappa shape index (κ2) is 39.8. The van der Waals surface area contributed by atoms with E-state index in [1.807, 2.05) is 0 Å². The Bertz CT molecular complexity index is 5270. The lowest BCUT2D eigenvalue weighted by Gasteiger charge is -2.47. The molecule has 3 fully saturated rings. The van der Waals surface area contributed by atoms with Gasteiger partial charge < -0.3 is 168 Å². The topological polar surface area (TPSA) is 725 Å². The van der Waals surface area contributed by atoms with E-state index in [0.717, 1.165) is 72.8 Å². The van der Waals surface area contributed by atoms with Crippen molar-refractivity contribution in [3.05, 3.63) is 117 Å². The standard InChI is InChI=1S/C81H103Cl2N11O34P2/c1-30(2)16-42(87-9)70(106)93-60-62(101)34-11-14-46(40(82)18-34)123-48-20-36-21-49(66(48)128-77-67(127-55-28-81(8,86)69(105)32(4)122-55)64(103)63(102)50(125-77)29-120-53(100)26-79(5,6)25-52(99)89-78(129(114,115)116)130(117,118)119)124-47-15-12-35(19-41(47)83)65(126-54-27-80(7,85)68(104)31(3)121-54)61-75(111)92-59(76(112)113)39-22-37(95)23-45(97)56(39)38-17-33(10-13-44(38)96)57(72(108)94-61)91-73(109)58(36)90-71(107)43(24-51(84)98)88-74(60)110/h10-15,17-23,30-32,42-43,50,54-55,57-65,67-69,77-78,87,95-97,101-105H,16,24-29,85-86H2,1-9H3,(H2,84,98)(H,88,110)(H,89,99)(H,90,107)(H,91,109)(H,92,111)(H,93,106)(H,94,108)(H,112,113)(H2,114,115,116)(H2,117,118,119)/t31?,32?,42?,43?,50?,54?,55?,57?,58?,59-,60?,61?,62+,63?,64?,65-,67?,68?,69?,77?,80+,81+/m1/s1. The predicted molar refractivity (Wildman–Crippen MR) is 449 cm³/mol. The zero-order chi connectivity index (χ0) is 96.0. The molecule has 17 unspecified atom stereocenters. The Morgan fingerprint density at radius 2 is 1.21 bits per heavy atom. The number of nitrogens with one attached hydrogen (secondary N) is 8. The van der Waals surface area contributed by atoms with E-state index in [4.69, 9.17) is 83.0 Å². The van der Waals surface area contributed by atoms with Crippen LogP contribution < -0.4 is 73.9 Å². The predicted octanol–water partition coefficient (Wildman–Crippen LogP) is 0.456. The Morgan fingerprint density at radius 1 is 0.654 bits per heavy atom. The third-order valence-corrected chi connectivity index (χ3v) is 26.5. The van der Waals surface area contributed by atoms with Gasteiger partial charge in [0.05, 0.1) is 53.3 Å². The first-order chi connectivity index (χ1) is 60.5. The fraction of sp³-hybridized carbons (Fsp3) is 0.506. The minimum absolute atomic E-state index is 0.146. The van der Waals surface area contributed by atoms with Gasteiger partial charge in [-0.1, -0.05) is 69.1 Å². The maximum Gasteiger partial charge on any atom is 0.360 e. The van der Waals surface area contributed by atoms with Crippen LogP contribution in [0.3, 0.4) is 0 Å². The lowest BCUT2D eigenvalue weighted by Crippen LogP contribution is -2.64. The Kier molecular flexibility index (Phi) is 30.8. The van der Waals surface area contributed by atoms with Gasteiger partial charge in [0.1, 0.15) is 96.1 Å². The molecule has 0 aliphatic carbocycles. The first-order valence-electron chi connectivity index (χ1n) is 40.5. The highest BCUT2D eigenvalue weighted by molar-refractivity contribution is 7.70. The van der Waals surface area contributed by atoms with Gasteiger partial charge in [-0.25, -0.2) is 4.79 Å². The van der Waals surface area contributed by atoms with Crippen LogP contribution in [0.2, 0.25) is 10.0 Å². The van der Waals surface area contributed by atoms with Gasteiger partial charge in [0.2, 0.25) is 64.8 Å². The highest BCUT2D eigenvalue weighted by atomic mass is 35.5. The molecule has 130 heavy (non-hydrogen) atoms. The maximum atomic E-state index is 16.6. The number of phenolic OH excluding ortho intramolecular Hbond substituents is 3. The van der Waals surface area contributed by atoms with Gasteiger partial charge in [-0.15, -0.1) is 0 Å². The molecule has 8 aliphatic rings. The Labute approximate surface area is 750 Å². The number of amides is 8. The molecule has 3 saturated heterocycles. The number of aliphatic carboxylic acids is 1. The molecule has 5 aromatic rings. The van der Waals surface area contributed by atoms with Gasteiger partial charge in [0.25, 0.3) is 0 Å². The Balaban J connectivity index is 1.16. The van der Waals surface area contributed by atoms with Crippen LogP contribution in [-0.2, 0) is 85.5 Å². The molecule has 8 amide bonds. The van der Waals surface area contributed by atoms with Crippen LogP contribution >= 0.6 is 38.4 Å². The van der Waals surface area contributed by atoms with Crippen LogP contribution in [0.25, 0.3) is 11.1 Å². The summed E-state index contributed by atoms with van der Waals surface area (Å²) < 4.78 is 82.1. The molecule has 0 spiro atoms. The van der Waals surface area contributed by atoms with Crippen LogP contribution in [0, 0.1) is 11.3 Å². The van der Waals surface area contributed by atoms with Crippen LogP contribution in [0.1, 0.15) is 152 Å². The first-order valence-corrected chi connectivity index (χ1v) is 44.7. The zero-order valence-electron chi connectivity index (χ0n) is 70.9. The summed E-state index contributed by atoms with van der Waals surface area (Å²) in [7, 11) is -9.98. The smallest absolute Gasteiger partial charge is 0.360 e. The number of ether oxygens (including phenoxy) is 9. The third-order valence-electron chi connectivity index (χ3n) is 22.6. The minimum Gasteiger partial charge on any atom is -0.508 e. The molecular weight excluding hydrogens is 1800 g/mol. The lowest BCUT2D eigenvalue weighted by atomic mass is 9.85. The van der Waals surface area contributed by atoms with Gasteiger partial charge >= 0.3 is 27.1 Å². The summed E-state index contributed by atoms with van der Waals surface area (Å²) >= 11 is 14.6. The van der Waals surface area contributed by atoms with Crippen LogP contribution in [0.4, 0.5) is 0 Å². The largest absolute Gasteiger partial charge is 0.508 e. The van der Waals surface area contributed by atoms with Gasteiger partial charge in [0.15, 0.2) is 36.2 Å². The number of carbonyl (C=O) groups is 10. The molecule has 710 valence electrons. The molecule has 11 bridgehead atoms. The number of nitrogens with two attached hydrogens (primary N) is 3. The van der Waals surface area contributed by atoms with E-state index in [9.17, 15) is 98.6 Å². The SMILES string of the molecule is CNC(CC(C)C)C(=O)NC1C(=O)NC(CC(N)=O)C(=O)NC2C(=O)NC3C(=O)NC(C(=O)N[C@@H](C(=O)O)c4cc(O)cc(O)c4-c4cc3ccc4O)[C@H](OC3C[C@](C)(N)C(O)C(C)O3)c3ccc(c(Cl)c3)Oc3cc2cc(c3OC2OC(COC(=O)CC(C)(C)CC(=O)NC(P(=O)(O)O)P(=O)(O)O)C(O)C(O)C2OC2C[C@](C)(N)C(O)C(C)O2)Oc2ccc(cc2Cl)[C@@H]1O. The van der Waals surface area contributed by atoms with E-state index in [0.29, 0.717) is 0 Å². The molecule has 5 aromatic carbocycles. The lowest BCUT2D eigenvalue weighted by molar-refractivity contribution is -0.333. The molecule has 8 aliphatic heterocycles. The molecule has 8 heterocycles. The number of fused-ring (bicyclic) bond motifs is 15. The monoisotopic (exact) mass is 1910 g/mol. The fourth-order valence-corrected chi connectivity index (χ4v) is 18.6.